The first-order valence-corrected chi connectivity index (χ1v) is 8.61. The molecule has 0 spiro atoms. The van der Waals surface area contributed by atoms with E-state index in [1.807, 2.05) is 61.5 Å². The summed E-state index contributed by atoms with van der Waals surface area (Å²) >= 11 is 0. The van der Waals surface area contributed by atoms with Gasteiger partial charge in [-0.25, -0.2) is 4.79 Å². The molecule has 5 nitrogen and oxygen atoms in total. The van der Waals surface area contributed by atoms with Crippen LogP contribution in [0.25, 0.3) is 0 Å². The third kappa shape index (κ3) is 2.73. The highest BCUT2D eigenvalue weighted by atomic mass is 16.4. The molecule has 1 aliphatic rings. The molecule has 0 fully saturated rings. The molecule has 2 N–H and O–H groups in total. The number of carboxylic acids is 1. The van der Waals surface area contributed by atoms with Crippen molar-refractivity contribution in [1.82, 2.24) is 0 Å². The summed E-state index contributed by atoms with van der Waals surface area (Å²) in [7, 11) is 0. The lowest BCUT2D eigenvalue weighted by atomic mass is 9.93. The van der Waals surface area contributed by atoms with E-state index >= 15 is 0 Å². The normalized spacial score (nSPS) is 18.3. The fraction of sp³-hybridized carbons (Fsp3) is 0.0909. The van der Waals surface area contributed by atoms with Gasteiger partial charge in [0.1, 0.15) is 5.54 Å². The zero-order valence-corrected chi connectivity index (χ0v) is 14.7. The van der Waals surface area contributed by atoms with Crippen molar-refractivity contribution in [3.63, 3.8) is 0 Å². The second kappa shape index (κ2) is 6.29. The number of carbonyl (C=O) groups excluding carboxylic acids is 1. The maximum Gasteiger partial charge on any atom is 0.335 e. The number of carbonyl (C=O) groups is 2. The van der Waals surface area contributed by atoms with E-state index < -0.39 is 11.5 Å². The average molecular weight is 358 g/mol. The number of anilines is 3. The van der Waals surface area contributed by atoms with Crippen LogP contribution in [0.4, 0.5) is 17.1 Å². The number of amides is 1. The van der Waals surface area contributed by atoms with E-state index in [0.29, 0.717) is 5.69 Å². The minimum atomic E-state index is -0.981. The molecule has 0 aliphatic carbocycles. The molecule has 3 aromatic carbocycles. The molecule has 0 saturated carbocycles. The molecule has 0 aromatic heterocycles. The Kier molecular flexibility index (Phi) is 3.92. The van der Waals surface area contributed by atoms with Crippen LogP contribution in [0.15, 0.2) is 78.9 Å². The molecule has 1 amide bonds. The van der Waals surface area contributed by atoms with E-state index in [9.17, 15) is 9.59 Å². The number of rotatable bonds is 4. The number of aromatic carboxylic acids is 1. The van der Waals surface area contributed by atoms with Gasteiger partial charge in [0.15, 0.2) is 0 Å². The highest BCUT2D eigenvalue weighted by molar-refractivity contribution is 6.13. The van der Waals surface area contributed by atoms with Crippen molar-refractivity contribution >= 4 is 28.9 Å². The lowest BCUT2D eigenvalue weighted by molar-refractivity contribution is -0.121. The minimum absolute atomic E-state index is 0.0859. The Labute approximate surface area is 156 Å². The summed E-state index contributed by atoms with van der Waals surface area (Å²) in [4.78, 5) is 26.2. The molecular formula is C22H18N2O3. The van der Waals surface area contributed by atoms with Crippen LogP contribution in [0.3, 0.4) is 0 Å². The Morgan fingerprint density at radius 1 is 0.926 bits per heavy atom. The predicted octanol–water partition coefficient (Wildman–Crippen LogP) is 4.39. The number of nitrogens with zero attached hydrogens (tertiary/aromatic N) is 1. The molecule has 27 heavy (non-hydrogen) atoms. The zero-order chi connectivity index (χ0) is 19.0. The van der Waals surface area contributed by atoms with Gasteiger partial charge in [-0.15, -0.1) is 0 Å². The molecule has 1 aliphatic heterocycles. The Morgan fingerprint density at radius 3 is 2.22 bits per heavy atom. The maximum absolute atomic E-state index is 13.4. The number of carboxylic acid groups (broad SMARTS) is 1. The lowest BCUT2D eigenvalue weighted by Crippen LogP contribution is -2.42. The van der Waals surface area contributed by atoms with Gasteiger partial charge in [-0.3, -0.25) is 9.69 Å². The fourth-order valence-electron chi connectivity index (χ4n) is 3.48. The van der Waals surface area contributed by atoms with Crippen molar-refractivity contribution in [2.45, 2.75) is 12.5 Å². The van der Waals surface area contributed by atoms with Gasteiger partial charge in [0.25, 0.3) is 5.91 Å². The van der Waals surface area contributed by atoms with Crippen molar-refractivity contribution in [3.8, 4) is 0 Å². The Morgan fingerprint density at radius 2 is 1.56 bits per heavy atom. The van der Waals surface area contributed by atoms with E-state index in [2.05, 4.69) is 5.32 Å². The molecule has 3 aromatic rings. The van der Waals surface area contributed by atoms with Gasteiger partial charge in [-0.05, 0) is 49.4 Å². The molecule has 0 bridgehead atoms. The van der Waals surface area contributed by atoms with E-state index in [4.69, 9.17) is 5.11 Å². The Bertz CT molecular complexity index is 1020. The van der Waals surface area contributed by atoms with E-state index in [0.717, 1.165) is 16.9 Å². The average Bonchev–Trinajstić information content (AvgIpc) is 2.90. The monoisotopic (exact) mass is 358 g/mol. The van der Waals surface area contributed by atoms with Crippen LogP contribution >= 0.6 is 0 Å². The van der Waals surface area contributed by atoms with Crippen LogP contribution in [0, 0.1) is 0 Å². The quantitative estimate of drug-likeness (QED) is 0.726. The van der Waals surface area contributed by atoms with Crippen molar-refractivity contribution in [1.29, 1.82) is 0 Å². The van der Waals surface area contributed by atoms with Crippen LogP contribution in [0.2, 0.25) is 0 Å². The number of para-hydroxylation sites is 2. The van der Waals surface area contributed by atoms with Gasteiger partial charge in [0, 0.05) is 16.9 Å². The second-order valence-electron chi connectivity index (χ2n) is 6.63. The minimum Gasteiger partial charge on any atom is -0.478 e. The summed E-state index contributed by atoms with van der Waals surface area (Å²) in [6.45, 7) is 1.85. The number of fused-ring (bicyclic) bond motifs is 1. The number of hydrogen-bond donors (Lipinski definition) is 2. The van der Waals surface area contributed by atoms with E-state index in [1.165, 1.54) is 12.1 Å². The fourth-order valence-corrected chi connectivity index (χ4v) is 3.48. The lowest BCUT2D eigenvalue weighted by Gasteiger charge is -2.27. The Balaban J connectivity index is 1.76. The third-order valence-corrected chi connectivity index (χ3v) is 4.86. The van der Waals surface area contributed by atoms with Crippen LogP contribution in [-0.2, 0) is 10.3 Å². The molecule has 0 saturated heterocycles. The molecule has 1 heterocycles. The SMILES string of the molecule is CC1(Nc2ccc(C(=O)O)cc2)C(=O)N(c2ccccc2)c2ccccc21. The number of hydrogen-bond acceptors (Lipinski definition) is 3. The van der Waals surface area contributed by atoms with E-state index in [-0.39, 0.29) is 11.5 Å². The van der Waals surface area contributed by atoms with Crippen molar-refractivity contribution < 1.29 is 14.7 Å². The largest absolute Gasteiger partial charge is 0.478 e. The molecule has 134 valence electrons. The maximum atomic E-state index is 13.4. The van der Waals surface area contributed by atoms with Gasteiger partial charge >= 0.3 is 5.97 Å². The van der Waals surface area contributed by atoms with E-state index in [1.54, 1.807) is 17.0 Å². The predicted molar refractivity (Wildman–Crippen MR) is 104 cm³/mol. The van der Waals surface area contributed by atoms with Gasteiger partial charge in [0.05, 0.1) is 11.3 Å². The first-order valence-electron chi connectivity index (χ1n) is 8.61. The van der Waals surface area contributed by atoms with Gasteiger partial charge in [-0.1, -0.05) is 36.4 Å². The molecule has 5 heteroatoms. The van der Waals surface area contributed by atoms with Crippen LogP contribution in [0.5, 0.6) is 0 Å². The number of benzene rings is 3. The summed E-state index contributed by atoms with van der Waals surface area (Å²) in [6, 6.07) is 23.6. The smallest absolute Gasteiger partial charge is 0.335 e. The third-order valence-electron chi connectivity index (χ3n) is 4.86. The molecule has 4 rings (SSSR count). The first-order chi connectivity index (χ1) is 13.0. The van der Waals surface area contributed by atoms with Crippen LogP contribution in [0.1, 0.15) is 22.8 Å². The van der Waals surface area contributed by atoms with Crippen molar-refractivity contribution in [2.24, 2.45) is 0 Å². The first kappa shape index (κ1) is 16.8. The van der Waals surface area contributed by atoms with Crippen LogP contribution in [-0.4, -0.2) is 17.0 Å². The summed E-state index contributed by atoms with van der Waals surface area (Å²) in [5, 5.41) is 12.4. The summed E-state index contributed by atoms with van der Waals surface area (Å²) in [5.41, 5.74) is 2.45. The number of nitrogens with one attached hydrogen (secondary N) is 1. The standard InChI is InChI=1S/C22H18N2O3/c1-22(23-16-13-11-15(12-14-16)20(25)26)18-9-5-6-10-19(18)24(21(22)27)17-7-3-2-4-8-17/h2-14,23H,1H3,(H,25,26). The zero-order valence-electron chi connectivity index (χ0n) is 14.7. The Hall–Kier alpha value is -3.60. The summed E-state index contributed by atoms with van der Waals surface area (Å²) in [6.07, 6.45) is 0. The van der Waals surface area contributed by atoms with Crippen molar-refractivity contribution in [3.05, 3.63) is 90.0 Å². The van der Waals surface area contributed by atoms with Gasteiger partial charge in [0.2, 0.25) is 0 Å². The summed E-state index contributed by atoms with van der Waals surface area (Å²) in [5.74, 6) is -1.07. The van der Waals surface area contributed by atoms with Gasteiger partial charge < -0.3 is 10.4 Å². The molecule has 1 atom stereocenters. The molecule has 0 radical (unpaired) electrons. The molecule has 1 unspecified atom stereocenters. The highest BCUT2D eigenvalue weighted by Crippen LogP contribution is 2.45. The topological polar surface area (TPSA) is 69.6 Å². The molecular weight excluding hydrogens is 340 g/mol. The highest BCUT2D eigenvalue weighted by Gasteiger charge is 2.48. The van der Waals surface area contributed by atoms with Gasteiger partial charge in [-0.2, -0.15) is 0 Å². The van der Waals surface area contributed by atoms with Crippen molar-refractivity contribution in [2.75, 3.05) is 10.2 Å². The second-order valence-corrected chi connectivity index (χ2v) is 6.63. The summed E-state index contributed by atoms with van der Waals surface area (Å²) < 4.78 is 0. The van der Waals surface area contributed by atoms with Crippen LogP contribution < -0.4 is 10.2 Å².